The minimum absolute atomic E-state index is 0.679. The zero-order valence-electron chi connectivity index (χ0n) is 8.00. The fraction of sp³-hybridized carbons (Fsp3) is 0.364. The van der Waals surface area contributed by atoms with Gasteiger partial charge in [-0.25, -0.2) is 4.98 Å². The Hall–Kier alpha value is -1.33. The van der Waals surface area contributed by atoms with Gasteiger partial charge in [0.2, 0.25) is 0 Å². The molecule has 1 aromatic rings. The van der Waals surface area contributed by atoms with Gasteiger partial charge in [0.05, 0.1) is 6.61 Å². The van der Waals surface area contributed by atoms with E-state index < -0.39 is 0 Å². The molecular formula is C11H13NO. The molecule has 0 radical (unpaired) electrons. The summed E-state index contributed by atoms with van der Waals surface area (Å²) in [6, 6.07) is 3.93. The summed E-state index contributed by atoms with van der Waals surface area (Å²) < 4.78 is 4.88. The van der Waals surface area contributed by atoms with Gasteiger partial charge in [-0.15, -0.1) is 0 Å². The van der Waals surface area contributed by atoms with Crippen molar-refractivity contribution in [3.05, 3.63) is 29.6 Å². The molecule has 0 aromatic carbocycles. The molecule has 68 valence electrons. The van der Waals surface area contributed by atoms with Gasteiger partial charge in [0.1, 0.15) is 5.69 Å². The minimum Gasteiger partial charge on any atom is -0.384 e. The highest BCUT2D eigenvalue weighted by atomic mass is 16.5. The van der Waals surface area contributed by atoms with Crippen molar-refractivity contribution in [1.29, 1.82) is 0 Å². The fourth-order valence-corrected chi connectivity index (χ4v) is 0.848. The van der Waals surface area contributed by atoms with E-state index in [-0.39, 0.29) is 0 Å². The van der Waals surface area contributed by atoms with E-state index in [4.69, 9.17) is 4.74 Å². The van der Waals surface area contributed by atoms with Crippen LogP contribution in [0.25, 0.3) is 0 Å². The summed E-state index contributed by atoms with van der Waals surface area (Å²) in [6.07, 6.45) is 2.58. The molecule has 0 aliphatic heterocycles. The molecule has 0 unspecified atom stereocenters. The molecule has 0 atom stereocenters. The first kappa shape index (κ1) is 9.76. The maximum atomic E-state index is 4.88. The predicted octanol–water partition coefficient (Wildman–Crippen LogP) is 1.78. The Morgan fingerprint density at radius 2 is 2.31 bits per heavy atom. The lowest BCUT2D eigenvalue weighted by molar-refractivity contribution is 0.206. The van der Waals surface area contributed by atoms with Crippen molar-refractivity contribution in [2.45, 2.75) is 13.3 Å². The van der Waals surface area contributed by atoms with Crippen LogP contribution in [0.5, 0.6) is 0 Å². The average Bonchev–Trinajstić information content (AvgIpc) is 2.15. The van der Waals surface area contributed by atoms with Gasteiger partial charge in [0, 0.05) is 19.7 Å². The number of ether oxygens (including phenoxy) is 1. The van der Waals surface area contributed by atoms with E-state index in [0.29, 0.717) is 6.61 Å². The number of aromatic nitrogens is 1. The molecule has 0 aliphatic rings. The summed E-state index contributed by atoms with van der Waals surface area (Å²) in [4.78, 5) is 4.16. The van der Waals surface area contributed by atoms with Gasteiger partial charge in [0.25, 0.3) is 0 Å². The number of pyridine rings is 1. The zero-order chi connectivity index (χ0) is 9.52. The first-order chi connectivity index (χ1) is 6.33. The van der Waals surface area contributed by atoms with E-state index in [1.807, 2.05) is 25.3 Å². The predicted molar refractivity (Wildman–Crippen MR) is 52.3 cm³/mol. The Bertz CT molecular complexity index is 305. The third-order valence-corrected chi connectivity index (χ3v) is 1.56. The molecule has 0 bridgehead atoms. The summed E-state index contributed by atoms with van der Waals surface area (Å²) in [7, 11) is 1.67. The Morgan fingerprint density at radius 1 is 1.46 bits per heavy atom. The lowest BCUT2D eigenvalue weighted by atomic mass is 10.3. The van der Waals surface area contributed by atoms with Crippen LogP contribution in [0.1, 0.15) is 17.7 Å². The van der Waals surface area contributed by atoms with Crippen molar-refractivity contribution in [3.8, 4) is 11.8 Å². The lowest BCUT2D eigenvalue weighted by Gasteiger charge is -1.91. The maximum Gasteiger partial charge on any atom is 0.113 e. The van der Waals surface area contributed by atoms with E-state index in [2.05, 4.69) is 16.8 Å². The lowest BCUT2D eigenvalue weighted by Crippen LogP contribution is -1.85. The van der Waals surface area contributed by atoms with Gasteiger partial charge < -0.3 is 4.74 Å². The third kappa shape index (κ3) is 3.73. The van der Waals surface area contributed by atoms with E-state index in [0.717, 1.165) is 17.7 Å². The largest absolute Gasteiger partial charge is 0.384 e. The molecule has 1 rings (SSSR count). The number of nitrogens with zero attached hydrogens (tertiary/aromatic N) is 1. The van der Waals surface area contributed by atoms with Crippen molar-refractivity contribution in [2.24, 2.45) is 0 Å². The molecular weight excluding hydrogens is 162 g/mol. The number of aryl methyl sites for hydroxylation is 1. The molecule has 0 fully saturated rings. The smallest absolute Gasteiger partial charge is 0.113 e. The Balaban J connectivity index is 2.52. The van der Waals surface area contributed by atoms with Crippen molar-refractivity contribution >= 4 is 0 Å². The van der Waals surface area contributed by atoms with Crippen molar-refractivity contribution < 1.29 is 4.74 Å². The minimum atomic E-state index is 0.679. The van der Waals surface area contributed by atoms with E-state index in [1.165, 1.54) is 0 Å². The highest BCUT2D eigenvalue weighted by molar-refractivity contribution is 5.28. The Morgan fingerprint density at radius 3 is 2.92 bits per heavy atom. The highest BCUT2D eigenvalue weighted by Gasteiger charge is 1.86. The normalized spacial score (nSPS) is 9.08. The Kier molecular flexibility index (Phi) is 4.01. The SMILES string of the molecule is COCCC#Cc1ccc(C)cn1. The summed E-state index contributed by atoms with van der Waals surface area (Å²) in [5.74, 6) is 5.95. The maximum absolute atomic E-state index is 4.88. The van der Waals surface area contributed by atoms with Gasteiger partial charge in [-0.05, 0) is 24.5 Å². The molecule has 2 nitrogen and oxygen atoms in total. The highest BCUT2D eigenvalue weighted by Crippen LogP contribution is 1.96. The number of hydrogen-bond donors (Lipinski definition) is 0. The van der Waals surface area contributed by atoms with Gasteiger partial charge in [-0.2, -0.15) is 0 Å². The monoisotopic (exact) mass is 175 g/mol. The van der Waals surface area contributed by atoms with Gasteiger partial charge >= 0.3 is 0 Å². The van der Waals surface area contributed by atoms with E-state index in [1.54, 1.807) is 7.11 Å². The van der Waals surface area contributed by atoms with Crippen LogP contribution in [0.15, 0.2) is 18.3 Å². The molecule has 0 aliphatic carbocycles. The van der Waals surface area contributed by atoms with Crippen molar-refractivity contribution in [1.82, 2.24) is 4.98 Å². The summed E-state index contributed by atoms with van der Waals surface area (Å²) in [6.45, 7) is 2.69. The topological polar surface area (TPSA) is 22.1 Å². The molecule has 0 amide bonds. The van der Waals surface area contributed by atoms with Crippen LogP contribution in [0, 0.1) is 18.8 Å². The quantitative estimate of drug-likeness (QED) is 0.505. The first-order valence-corrected chi connectivity index (χ1v) is 4.23. The standard InChI is InChI=1S/C11H13NO/c1-10-6-7-11(12-9-10)5-3-4-8-13-2/h6-7,9H,4,8H2,1-2H3. The zero-order valence-corrected chi connectivity index (χ0v) is 8.00. The molecule has 1 aromatic heterocycles. The average molecular weight is 175 g/mol. The van der Waals surface area contributed by atoms with Crippen LogP contribution in [0.2, 0.25) is 0 Å². The molecule has 2 heteroatoms. The second kappa shape index (κ2) is 5.34. The fourth-order valence-electron chi connectivity index (χ4n) is 0.848. The Labute approximate surface area is 79.0 Å². The van der Waals surface area contributed by atoms with E-state index >= 15 is 0 Å². The molecule has 0 saturated carbocycles. The second-order valence-electron chi connectivity index (χ2n) is 2.77. The summed E-state index contributed by atoms with van der Waals surface area (Å²) in [5, 5.41) is 0. The summed E-state index contributed by atoms with van der Waals surface area (Å²) >= 11 is 0. The molecule has 0 saturated heterocycles. The molecule has 13 heavy (non-hydrogen) atoms. The van der Waals surface area contributed by atoms with Crippen molar-refractivity contribution in [2.75, 3.05) is 13.7 Å². The van der Waals surface area contributed by atoms with Crippen LogP contribution < -0.4 is 0 Å². The van der Waals surface area contributed by atoms with Gasteiger partial charge in [-0.1, -0.05) is 12.0 Å². The molecule has 1 heterocycles. The van der Waals surface area contributed by atoms with Crippen LogP contribution >= 0.6 is 0 Å². The van der Waals surface area contributed by atoms with Crippen LogP contribution in [-0.2, 0) is 4.74 Å². The van der Waals surface area contributed by atoms with E-state index in [9.17, 15) is 0 Å². The number of methoxy groups -OCH3 is 1. The van der Waals surface area contributed by atoms with Crippen LogP contribution in [0.3, 0.4) is 0 Å². The second-order valence-corrected chi connectivity index (χ2v) is 2.77. The first-order valence-electron chi connectivity index (χ1n) is 4.23. The molecule has 0 spiro atoms. The number of rotatable bonds is 2. The number of hydrogen-bond acceptors (Lipinski definition) is 2. The van der Waals surface area contributed by atoms with Crippen LogP contribution in [-0.4, -0.2) is 18.7 Å². The summed E-state index contributed by atoms with van der Waals surface area (Å²) in [5.41, 5.74) is 1.98. The van der Waals surface area contributed by atoms with Crippen LogP contribution in [0.4, 0.5) is 0 Å². The van der Waals surface area contributed by atoms with Crippen molar-refractivity contribution in [3.63, 3.8) is 0 Å². The third-order valence-electron chi connectivity index (χ3n) is 1.56. The van der Waals surface area contributed by atoms with Gasteiger partial charge in [0.15, 0.2) is 0 Å². The molecule has 0 N–H and O–H groups in total. The van der Waals surface area contributed by atoms with Gasteiger partial charge in [-0.3, -0.25) is 0 Å².